The molecule has 0 saturated carbocycles. The standard InChI is InChI=1S/C13H11BrClNOS/c1-8-2-4-10(11(15)6-8)13(17)16-7-9-3-5-12(14)18-9/h2-6H,7H2,1H3,(H,16,17). The summed E-state index contributed by atoms with van der Waals surface area (Å²) in [5.74, 6) is -0.149. The van der Waals surface area contributed by atoms with Crippen molar-refractivity contribution in [2.24, 2.45) is 0 Å². The highest BCUT2D eigenvalue weighted by Crippen LogP contribution is 2.22. The van der Waals surface area contributed by atoms with E-state index < -0.39 is 0 Å². The third-order valence-corrected chi connectivity index (χ3v) is 4.36. The lowest BCUT2D eigenvalue weighted by Gasteiger charge is -2.06. The topological polar surface area (TPSA) is 29.1 Å². The molecule has 0 spiro atoms. The highest BCUT2D eigenvalue weighted by molar-refractivity contribution is 9.11. The maximum absolute atomic E-state index is 12.0. The first kappa shape index (κ1) is 13.6. The lowest BCUT2D eigenvalue weighted by atomic mass is 10.1. The van der Waals surface area contributed by atoms with Crippen LogP contribution in [0.3, 0.4) is 0 Å². The Balaban J connectivity index is 2.03. The molecule has 1 amide bonds. The quantitative estimate of drug-likeness (QED) is 0.878. The lowest BCUT2D eigenvalue weighted by Crippen LogP contribution is -2.22. The summed E-state index contributed by atoms with van der Waals surface area (Å²) in [6.45, 7) is 2.45. The zero-order valence-electron chi connectivity index (χ0n) is 9.67. The van der Waals surface area contributed by atoms with E-state index in [1.165, 1.54) is 0 Å². The number of hydrogen-bond acceptors (Lipinski definition) is 2. The van der Waals surface area contributed by atoms with Crippen LogP contribution >= 0.6 is 38.9 Å². The maximum Gasteiger partial charge on any atom is 0.253 e. The van der Waals surface area contributed by atoms with E-state index in [1.54, 1.807) is 23.5 Å². The molecule has 0 aliphatic heterocycles. The first-order chi connectivity index (χ1) is 8.56. The molecule has 18 heavy (non-hydrogen) atoms. The van der Waals surface area contributed by atoms with Crippen molar-refractivity contribution in [2.45, 2.75) is 13.5 Å². The molecule has 1 aromatic heterocycles. The number of carbonyl (C=O) groups excluding carboxylic acids is 1. The SMILES string of the molecule is Cc1ccc(C(=O)NCc2ccc(Br)s2)c(Cl)c1. The number of aryl methyl sites for hydroxylation is 1. The Kier molecular flexibility index (Phi) is 4.43. The van der Waals surface area contributed by atoms with Gasteiger partial charge in [0.05, 0.1) is 20.9 Å². The molecule has 0 saturated heterocycles. The Morgan fingerprint density at radius 3 is 2.78 bits per heavy atom. The molecule has 0 unspecified atom stereocenters. The molecular formula is C13H11BrClNOS. The Bertz CT molecular complexity index is 582. The number of amides is 1. The summed E-state index contributed by atoms with van der Waals surface area (Å²) in [6.07, 6.45) is 0. The molecule has 94 valence electrons. The van der Waals surface area contributed by atoms with Crippen molar-refractivity contribution in [3.63, 3.8) is 0 Å². The van der Waals surface area contributed by atoms with Crippen LogP contribution in [0.5, 0.6) is 0 Å². The van der Waals surface area contributed by atoms with Gasteiger partial charge >= 0.3 is 0 Å². The lowest BCUT2D eigenvalue weighted by molar-refractivity contribution is 0.0951. The van der Waals surface area contributed by atoms with Crippen molar-refractivity contribution >= 4 is 44.8 Å². The van der Waals surface area contributed by atoms with Crippen LogP contribution in [0.2, 0.25) is 5.02 Å². The summed E-state index contributed by atoms with van der Waals surface area (Å²) in [6, 6.07) is 9.36. The summed E-state index contributed by atoms with van der Waals surface area (Å²) < 4.78 is 1.06. The fourth-order valence-electron chi connectivity index (χ4n) is 1.51. The predicted octanol–water partition coefficient (Wildman–Crippen LogP) is 4.40. The van der Waals surface area contributed by atoms with Crippen LogP contribution in [0.1, 0.15) is 20.8 Å². The first-order valence-electron chi connectivity index (χ1n) is 5.35. The van der Waals surface area contributed by atoms with Gasteiger partial charge in [-0.25, -0.2) is 0 Å². The molecule has 1 N–H and O–H groups in total. The fraction of sp³-hybridized carbons (Fsp3) is 0.154. The third-order valence-electron chi connectivity index (χ3n) is 2.42. The normalized spacial score (nSPS) is 10.4. The first-order valence-corrected chi connectivity index (χ1v) is 7.33. The van der Waals surface area contributed by atoms with Gasteiger partial charge in [0.15, 0.2) is 0 Å². The molecule has 0 fully saturated rings. The van der Waals surface area contributed by atoms with Crippen LogP contribution in [-0.2, 0) is 6.54 Å². The molecule has 0 radical (unpaired) electrons. The molecular weight excluding hydrogens is 334 g/mol. The highest BCUT2D eigenvalue weighted by Gasteiger charge is 2.10. The molecule has 0 atom stereocenters. The summed E-state index contributed by atoms with van der Waals surface area (Å²) in [5.41, 5.74) is 1.55. The van der Waals surface area contributed by atoms with Crippen LogP contribution in [0, 0.1) is 6.92 Å². The molecule has 1 heterocycles. The van der Waals surface area contributed by atoms with Gasteiger partial charge in [0.25, 0.3) is 5.91 Å². The van der Waals surface area contributed by atoms with E-state index in [0.717, 1.165) is 14.2 Å². The molecule has 5 heteroatoms. The number of rotatable bonds is 3. The van der Waals surface area contributed by atoms with E-state index in [0.29, 0.717) is 17.1 Å². The average molecular weight is 345 g/mol. The number of hydrogen-bond donors (Lipinski definition) is 1. The van der Waals surface area contributed by atoms with Crippen LogP contribution in [0.25, 0.3) is 0 Å². The Labute approximate surface area is 123 Å². The van der Waals surface area contributed by atoms with Gasteiger partial charge in [0, 0.05) is 4.88 Å². The Morgan fingerprint density at radius 1 is 1.39 bits per heavy atom. The maximum atomic E-state index is 12.0. The minimum atomic E-state index is -0.149. The van der Waals surface area contributed by atoms with E-state index in [1.807, 2.05) is 25.1 Å². The highest BCUT2D eigenvalue weighted by atomic mass is 79.9. The largest absolute Gasteiger partial charge is 0.347 e. The summed E-state index contributed by atoms with van der Waals surface area (Å²) >= 11 is 11.0. The van der Waals surface area contributed by atoms with Gasteiger partial charge < -0.3 is 5.32 Å². The molecule has 2 nitrogen and oxygen atoms in total. The molecule has 1 aromatic carbocycles. The fourth-order valence-corrected chi connectivity index (χ4v) is 3.26. The van der Waals surface area contributed by atoms with E-state index >= 15 is 0 Å². The van der Waals surface area contributed by atoms with Gasteiger partial charge in [-0.1, -0.05) is 17.7 Å². The minimum Gasteiger partial charge on any atom is -0.347 e. The van der Waals surface area contributed by atoms with Crippen molar-refractivity contribution in [1.82, 2.24) is 5.32 Å². The van der Waals surface area contributed by atoms with Crippen molar-refractivity contribution in [1.29, 1.82) is 0 Å². The second-order valence-electron chi connectivity index (χ2n) is 3.87. The number of carbonyl (C=O) groups is 1. The van der Waals surface area contributed by atoms with Gasteiger partial charge in [-0.3, -0.25) is 4.79 Å². The van der Waals surface area contributed by atoms with E-state index in [4.69, 9.17) is 11.6 Å². The van der Waals surface area contributed by atoms with E-state index in [-0.39, 0.29) is 5.91 Å². The number of nitrogens with one attached hydrogen (secondary N) is 1. The number of halogens is 2. The third kappa shape index (κ3) is 3.34. The average Bonchev–Trinajstić information content (AvgIpc) is 2.72. The Morgan fingerprint density at radius 2 is 2.17 bits per heavy atom. The Hall–Kier alpha value is -0.840. The van der Waals surface area contributed by atoms with Gasteiger partial charge in [-0.2, -0.15) is 0 Å². The van der Waals surface area contributed by atoms with E-state index in [9.17, 15) is 4.79 Å². The van der Waals surface area contributed by atoms with Gasteiger partial charge in [-0.15, -0.1) is 11.3 Å². The zero-order valence-corrected chi connectivity index (χ0v) is 12.8. The number of benzene rings is 1. The van der Waals surface area contributed by atoms with Crippen LogP contribution in [0.4, 0.5) is 0 Å². The smallest absolute Gasteiger partial charge is 0.253 e. The molecule has 2 aromatic rings. The monoisotopic (exact) mass is 343 g/mol. The zero-order chi connectivity index (χ0) is 13.1. The van der Waals surface area contributed by atoms with Gasteiger partial charge in [0.1, 0.15) is 0 Å². The predicted molar refractivity (Wildman–Crippen MR) is 79.4 cm³/mol. The van der Waals surface area contributed by atoms with Gasteiger partial charge in [0.2, 0.25) is 0 Å². The van der Waals surface area contributed by atoms with Crippen molar-refractivity contribution in [3.05, 3.63) is 55.1 Å². The van der Waals surface area contributed by atoms with Gasteiger partial charge in [-0.05, 0) is 52.7 Å². The number of thiophene rings is 1. The van der Waals surface area contributed by atoms with Crippen molar-refractivity contribution in [3.8, 4) is 0 Å². The second kappa shape index (κ2) is 5.87. The molecule has 0 bridgehead atoms. The molecule has 0 aliphatic rings. The van der Waals surface area contributed by atoms with Crippen molar-refractivity contribution in [2.75, 3.05) is 0 Å². The van der Waals surface area contributed by atoms with Crippen molar-refractivity contribution < 1.29 is 4.79 Å². The van der Waals surface area contributed by atoms with Crippen LogP contribution in [0.15, 0.2) is 34.1 Å². The summed E-state index contributed by atoms with van der Waals surface area (Å²) in [7, 11) is 0. The molecule has 2 rings (SSSR count). The minimum absolute atomic E-state index is 0.149. The summed E-state index contributed by atoms with van der Waals surface area (Å²) in [4.78, 5) is 13.1. The molecule has 0 aliphatic carbocycles. The van der Waals surface area contributed by atoms with E-state index in [2.05, 4.69) is 21.2 Å². The second-order valence-corrected chi connectivity index (χ2v) is 6.83. The van der Waals surface area contributed by atoms with Crippen LogP contribution in [-0.4, -0.2) is 5.91 Å². The van der Waals surface area contributed by atoms with Crippen LogP contribution < -0.4 is 5.32 Å². The summed E-state index contributed by atoms with van der Waals surface area (Å²) in [5, 5.41) is 3.34.